The summed E-state index contributed by atoms with van der Waals surface area (Å²) in [6.45, 7) is 4.04. The summed E-state index contributed by atoms with van der Waals surface area (Å²) in [5.41, 5.74) is 0. The van der Waals surface area contributed by atoms with E-state index in [0.717, 1.165) is 96.3 Å². The predicted octanol–water partition coefficient (Wildman–Crippen LogP) is 15.4. The molecule has 12 heteroatoms. The molecule has 0 aliphatic carbocycles. The molecule has 72 heavy (non-hydrogen) atoms. The third kappa shape index (κ3) is 50.1. The summed E-state index contributed by atoms with van der Waals surface area (Å²) in [7, 11) is -4.80. The molecule has 0 fully saturated rings. The number of phosphoric ester groups is 1. The fraction of sp³-hybridized carbons (Fsp3) is 0.517. The molecule has 0 aliphatic heterocycles. The van der Waals surface area contributed by atoms with E-state index in [9.17, 15) is 28.9 Å². The lowest BCUT2D eigenvalue weighted by molar-refractivity contribution is -0.161. The number of carbonyl (C=O) groups excluding carboxylic acids is 3. The fourth-order valence-electron chi connectivity index (χ4n) is 6.07. The number of esters is 3. The second-order valence-corrected chi connectivity index (χ2v) is 18.0. The molecule has 0 saturated carbocycles. The lowest BCUT2D eigenvalue weighted by Gasteiger charge is -2.21. The molecule has 3 unspecified atom stereocenters. The van der Waals surface area contributed by atoms with Crippen LogP contribution in [0.5, 0.6) is 0 Å². The van der Waals surface area contributed by atoms with Crippen molar-refractivity contribution in [2.75, 3.05) is 26.4 Å². The van der Waals surface area contributed by atoms with E-state index in [4.69, 9.17) is 23.3 Å². The SMILES string of the molecule is CC/C=C\C/C=C\C/C=C\C/C=C\C/C=C\CCCC(=O)OC(COC(=O)CCCCC/C=C\C/C=C\C/C=C\CC)COP(=O)(O)OCC(CO)OC(=O)C/C=C\C/C=C\C/C=C\C/C=C\C/C=C\CC. The highest BCUT2D eigenvalue weighted by atomic mass is 31.2. The number of carbonyl (C=O) groups is 3. The molecule has 3 atom stereocenters. The Hall–Kier alpha value is -4.90. The lowest BCUT2D eigenvalue weighted by atomic mass is 10.1. The van der Waals surface area contributed by atoms with Gasteiger partial charge in [-0.3, -0.25) is 23.4 Å². The van der Waals surface area contributed by atoms with E-state index in [0.29, 0.717) is 25.7 Å². The highest BCUT2D eigenvalue weighted by Crippen LogP contribution is 2.43. The summed E-state index contributed by atoms with van der Waals surface area (Å²) in [6, 6.07) is 0. The maximum atomic E-state index is 12.9. The lowest BCUT2D eigenvalue weighted by Crippen LogP contribution is -2.30. The van der Waals surface area contributed by atoms with Gasteiger partial charge in [-0.25, -0.2) is 4.57 Å². The Labute approximate surface area is 434 Å². The van der Waals surface area contributed by atoms with Gasteiger partial charge in [-0.1, -0.05) is 185 Å². The van der Waals surface area contributed by atoms with Crippen molar-refractivity contribution in [2.24, 2.45) is 0 Å². The number of hydrogen-bond acceptors (Lipinski definition) is 10. The largest absolute Gasteiger partial charge is 0.472 e. The van der Waals surface area contributed by atoms with Gasteiger partial charge in [0.1, 0.15) is 12.7 Å². The average Bonchev–Trinajstić information content (AvgIpc) is 3.37. The van der Waals surface area contributed by atoms with Crippen LogP contribution in [0.25, 0.3) is 0 Å². The zero-order chi connectivity index (χ0) is 52.7. The van der Waals surface area contributed by atoms with Gasteiger partial charge in [0.2, 0.25) is 0 Å². The van der Waals surface area contributed by atoms with Crippen LogP contribution in [0.4, 0.5) is 0 Å². The van der Waals surface area contributed by atoms with Crippen LogP contribution >= 0.6 is 7.82 Å². The van der Waals surface area contributed by atoms with E-state index in [1.54, 1.807) is 6.08 Å². The van der Waals surface area contributed by atoms with Crippen LogP contribution in [0.3, 0.4) is 0 Å². The Bertz CT molecular complexity index is 1810. The Morgan fingerprint density at radius 1 is 0.403 bits per heavy atom. The van der Waals surface area contributed by atoms with Crippen LogP contribution in [-0.4, -0.2) is 66.5 Å². The van der Waals surface area contributed by atoms with Crippen molar-refractivity contribution >= 4 is 25.7 Å². The number of hydrogen-bond donors (Lipinski definition) is 2. The normalized spacial score (nSPS) is 14.7. The number of rotatable bonds is 46. The van der Waals surface area contributed by atoms with E-state index in [1.807, 2.05) is 30.4 Å². The van der Waals surface area contributed by atoms with Gasteiger partial charge in [0, 0.05) is 12.8 Å². The van der Waals surface area contributed by atoms with Gasteiger partial charge in [-0.05, 0) is 116 Å². The van der Waals surface area contributed by atoms with Gasteiger partial charge < -0.3 is 24.2 Å². The maximum Gasteiger partial charge on any atom is 0.472 e. The summed E-state index contributed by atoms with van der Waals surface area (Å²) in [4.78, 5) is 48.3. The Morgan fingerprint density at radius 2 is 0.750 bits per heavy atom. The third-order valence-corrected chi connectivity index (χ3v) is 10.9. The number of ether oxygens (including phenoxy) is 3. The maximum absolute atomic E-state index is 12.9. The first kappa shape index (κ1) is 67.1. The second kappa shape index (κ2) is 52.4. The standard InChI is InChI=1S/C60H91O11P/c1-4-7-10-13-16-19-22-25-27-28-30-33-36-39-42-45-48-51-60(64)71-57(53-67-58(62)49-46-43-40-37-34-31-24-21-18-15-12-9-6-3)55-69-72(65,66)68-54-56(52-61)70-59(63)50-47-44-41-38-35-32-29-26-23-20-17-14-11-8-5-2/h7-12,16-21,25-27,29-31,33-35,38-39,42,44,47,56-57,61H,4-6,13-15,22-24,28,32,36-37,40-41,43,45-46,48-55H2,1-3H3,(H,65,66)/b10-7-,11-8-,12-9-,19-16-,20-17-,21-18-,27-25-,29-26-,33-30-,34-31-,38-35-,42-39-,47-44-. The molecule has 0 radical (unpaired) electrons. The minimum Gasteiger partial charge on any atom is -0.462 e. The quantitative estimate of drug-likeness (QED) is 0.0197. The van der Waals surface area contributed by atoms with Crippen molar-refractivity contribution in [3.63, 3.8) is 0 Å². The molecule has 2 N–H and O–H groups in total. The number of unbranched alkanes of at least 4 members (excludes halogenated alkanes) is 4. The van der Waals surface area contributed by atoms with E-state index in [2.05, 4.69) is 142 Å². The molecule has 402 valence electrons. The average molecular weight is 1020 g/mol. The smallest absolute Gasteiger partial charge is 0.462 e. The van der Waals surface area contributed by atoms with E-state index in [1.165, 1.54) is 0 Å². The predicted molar refractivity (Wildman–Crippen MR) is 297 cm³/mol. The zero-order valence-corrected chi connectivity index (χ0v) is 45.0. The van der Waals surface area contributed by atoms with Crippen molar-refractivity contribution in [3.05, 3.63) is 158 Å². The van der Waals surface area contributed by atoms with E-state index in [-0.39, 0.29) is 19.3 Å². The van der Waals surface area contributed by atoms with Crippen LogP contribution in [0, 0.1) is 0 Å². The van der Waals surface area contributed by atoms with Gasteiger partial charge in [0.25, 0.3) is 0 Å². The van der Waals surface area contributed by atoms with Gasteiger partial charge >= 0.3 is 25.7 Å². The van der Waals surface area contributed by atoms with Gasteiger partial charge in [-0.15, -0.1) is 0 Å². The summed E-state index contributed by atoms with van der Waals surface area (Å²) < 4.78 is 39.2. The van der Waals surface area contributed by atoms with Crippen LogP contribution < -0.4 is 0 Å². The Morgan fingerprint density at radius 3 is 1.17 bits per heavy atom. The van der Waals surface area contributed by atoms with Crippen LogP contribution in [0.15, 0.2) is 158 Å². The van der Waals surface area contributed by atoms with E-state index < -0.39 is 64.4 Å². The van der Waals surface area contributed by atoms with Crippen molar-refractivity contribution in [1.29, 1.82) is 0 Å². The van der Waals surface area contributed by atoms with Gasteiger partial charge in [0.15, 0.2) is 6.10 Å². The molecule has 0 rings (SSSR count). The van der Waals surface area contributed by atoms with Crippen LogP contribution in [0.2, 0.25) is 0 Å². The van der Waals surface area contributed by atoms with Crippen LogP contribution in [0.1, 0.15) is 162 Å². The molecule has 0 saturated heterocycles. The second-order valence-electron chi connectivity index (χ2n) is 16.6. The van der Waals surface area contributed by atoms with E-state index >= 15 is 0 Å². The minimum absolute atomic E-state index is 0.0657. The number of aliphatic hydroxyl groups excluding tert-OH is 1. The fourth-order valence-corrected chi connectivity index (χ4v) is 6.85. The first-order chi connectivity index (χ1) is 35.2. The summed E-state index contributed by atoms with van der Waals surface area (Å²) >= 11 is 0. The number of allylic oxidation sites excluding steroid dienone is 25. The highest BCUT2D eigenvalue weighted by molar-refractivity contribution is 7.47. The minimum atomic E-state index is -4.80. The summed E-state index contributed by atoms with van der Waals surface area (Å²) in [5, 5.41) is 9.77. The number of aliphatic hydroxyl groups is 1. The molecule has 0 bridgehead atoms. The third-order valence-electron chi connectivity index (χ3n) is 9.96. The highest BCUT2D eigenvalue weighted by Gasteiger charge is 2.28. The van der Waals surface area contributed by atoms with Crippen molar-refractivity contribution < 1.29 is 52.2 Å². The topological polar surface area (TPSA) is 155 Å². The zero-order valence-electron chi connectivity index (χ0n) is 44.1. The summed E-state index contributed by atoms with van der Waals surface area (Å²) in [6.07, 6.45) is 68.2. The first-order valence-corrected chi connectivity index (χ1v) is 27.9. The molecule has 11 nitrogen and oxygen atoms in total. The van der Waals surface area contributed by atoms with Crippen molar-refractivity contribution in [3.8, 4) is 0 Å². The molecule has 0 aliphatic rings. The Balaban J connectivity index is 4.98. The summed E-state index contributed by atoms with van der Waals surface area (Å²) in [5.74, 6) is -1.74. The molecule has 0 spiro atoms. The molecule has 0 aromatic rings. The molecule has 0 aromatic heterocycles. The molecular formula is C60H91O11P. The monoisotopic (exact) mass is 1020 g/mol. The Kier molecular flexibility index (Phi) is 48.9. The van der Waals surface area contributed by atoms with Gasteiger partial charge in [0.05, 0.1) is 26.2 Å². The molecule has 0 heterocycles. The van der Waals surface area contributed by atoms with Crippen molar-refractivity contribution in [2.45, 2.75) is 174 Å². The van der Waals surface area contributed by atoms with Crippen LogP contribution in [-0.2, 0) is 42.2 Å². The van der Waals surface area contributed by atoms with Gasteiger partial charge in [-0.2, -0.15) is 0 Å². The van der Waals surface area contributed by atoms with Crippen molar-refractivity contribution in [1.82, 2.24) is 0 Å². The molecular weight excluding hydrogens is 928 g/mol. The molecule has 0 aromatic carbocycles. The first-order valence-electron chi connectivity index (χ1n) is 26.4. The molecule has 0 amide bonds. The number of phosphoric acid groups is 1.